The van der Waals surface area contributed by atoms with Crippen molar-refractivity contribution in [3.63, 3.8) is 0 Å². The average Bonchev–Trinajstić information content (AvgIpc) is 2.30. The molecular weight excluding hydrogens is 200 g/mol. The van der Waals surface area contributed by atoms with E-state index in [0.717, 1.165) is 18.7 Å². The number of nitrogens with one attached hydrogen (secondary N) is 1. The standard InChI is InChI=1S/C13H18N2O/c1-10-8-14-9-11(2)15(10)13(16)12-6-4-3-5-7-12/h3-7,10-11,14H,8-9H2,1-2H3/t10-,11-/m1/s1. The lowest BCUT2D eigenvalue weighted by atomic mass is 10.1. The molecule has 1 aliphatic rings. The SMILES string of the molecule is C[C@@H]1CNC[C@@H](C)N1C(=O)c1ccccc1. The summed E-state index contributed by atoms with van der Waals surface area (Å²) in [4.78, 5) is 14.3. The number of carbonyl (C=O) groups is 1. The van der Waals surface area contributed by atoms with Crippen LogP contribution in [0.15, 0.2) is 30.3 Å². The van der Waals surface area contributed by atoms with Gasteiger partial charge in [-0.1, -0.05) is 18.2 Å². The summed E-state index contributed by atoms with van der Waals surface area (Å²) in [6, 6.07) is 10.0. The van der Waals surface area contributed by atoms with E-state index in [0.29, 0.717) is 0 Å². The number of carbonyl (C=O) groups excluding carboxylic acids is 1. The number of piperazine rings is 1. The fraction of sp³-hybridized carbons (Fsp3) is 0.462. The summed E-state index contributed by atoms with van der Waals surface area (Å²) in [6.07, 6.45) is 0. The van der Waals surface area contributed by atoms with E-state index in [2.05, 4.69) is 19.2 Å². The van der Waals surface area contributed by atoms with Crippen LogP contribution in [-0.2, 0) is 0 Å². The highest BCUT2D eigenvalue weighted by molar-refractivity contribution is 5.94. The second-order valence-corrected chi connectivity index (χ2v) is 4.43. The van der Waals surface area contributed by atoms with Crippen LogP contribution in [0, 0.1) is 0 Å². The van der Waals surface area contributed by atoms with Gasteiger partial charge in [0.05, 0.1) is 0 Å². The van der Waals surface area contributed by atoms with Crippen LogP contribution in [0.3, 0.4) is 0 Å². The van der Waals surface area contributed by atoms with E-state index in [1.54, 1.807) is 0 Å². The lowest BCUT2D eigenvalue weighted by molar-refractivity contribution is 0.0544. The van der Waals surface area contributed by atoms with E-state index in [1.165, 1.54) is 0 Å². The van der Waals surface area contributed by atoms with Gasteiger partial charge >= 0.3 is 0 Å². The molecule has 0 aliphatic carbocycles. The smallest absolute Gasteiger partial charge is 0.254 e. The molecule has 0 unspecified atom stereocenters. The molecular formula is C13H18N2O. The van der Waals surface area contributed by atoms with Crippen LogP contribution in [0.2, 0.25) is 0 Å². The molecule has 3 nitrogen and oxygen atoms in total. The minimum absolute atomic E-state index is 0.141. The van der Waals surface area contributed by atoms with Crippen molar-refractivity contribution in [3.05, 3.63) is 35.9 Å². The molecule has 2 atom stereocenters. The highest BCUT2D eigenvalue weighted by Gasteiger charge is 2.29. The third kappa shape index (κ3) is 2.09. The number of rotatable bonds is 1. The summed E-state index contributed by atoms with van der Waals surface area (Å²) in [5, 5.41) is 3.33. The largest absolute Gasteiger partial charge is 0.331 e. The third-order valence-corrected chi connectivity index (χ3v) is 3.08. The van der Waals surface area contributed by atoms with Crippen LogP contribution in [0.4, 0.5) is 0 Å². The summed E-state index contributed by atoms with van der Waals surface area (Å²) in [5.74, 6) is 0.141. The second kappa shape index (κ2) is 4.66. The van der Waals surface area contributed by atoms with Gasteiger partial charge in [-0.2, -0.15) is 0 Å². The number of amides is 1. The van der Waals surface area contributed by atoms with Crippen molar-refractivity contribution in [1.82, 2.24) is 10.2 Å². The highest BCUT2D eigenvalue weighted by Crippen LogP contribution is 2.14. The molecule has 1 fully saturated rings. The zero-order chi connectivity index (χ0) is 11.5. The molecule has 16 heavy (non-hydrogen) atoms. The Hall–Kier alpha value is -1.35. The molecule has 1 heterocycles. The minimum Gasteiger partial charge on any atom is -0.331 e. The molecule has 0 saturated carbocycles. The van der Waals surface area contributed by atoms with E-state index in [-0.39, 0.29) is 18.0 Å². The fourth-order valence-corrected chi connectivity index (χ4v) is 2.26. The van der Waals surface area contributed by atoms with E-state index in [1.807, 2.05) is 35.2 Å². The Balaban J connectivity index is 2.20. The van der Waals surface area contributed by atoms with Crippen LogP contribution >= 0.6 is 0 Å². The Morgan fingerprint density at radius 3 is 2.31 bits per heavy atom. The molecule has 2 rings (SSSR count). The van der Waals surface area contributed by atoms with E-state index in [4.69, 9.17) is 0 Å². The summed E-state index contributed by atoms with van der Waals surface area (Å²) >= 11 is 0. The van der Waals surface area contributed by atoms with Crippen molar-refractivity contribution in [2.24, 2.45) is 0 Å². The predicted octanol–water partition coefficient (Wildman–Crippen LogP) is 1.51. The summed E-state index contributed by atoms with van der Waals surface area (Å²) in [6.45, 7) is 5.93. The summed E-state index contributed by atoms with van der Waals surface area (Å²) in [7, 11) is 0. The molecule has 3 heteroatoms. The van der Waals surface area contributed by atoms with Crippen molar-refractivity contribution in [3.8, 4) is 0 Å². The van der Waals surface area contributed by atoms with Crippen LogP contribution in [-0.4, -0.2) is 36.0 Å². The van der Waals surface area contributed by atoms with Gasteiger partial charge < -0.3 is 10.2 Å². The third-order valence-electron chi connectivity index (χ3n) is 3.08. The second-order valence-electron chi connectivity index (χ2n) is 4.43. The first-order chi connectivity index (χ1) is 7.70. The molecule has 0 bridgehead atoms. The van der Waals surface area contributed by atoms with Crippen molar-refractivity contribution in [1.29, 1.82) is 0 Å². The maximum Gasteiger partial charge on any atom is 0.254 e. The molecule has 1 aromatic carbocycles. The predicted molar refractivity (Wildman–Crippen MR) is 64.4 cm³/mol. The van der Waals surface area contributed by atoms with E-state index in [9.17, 15) is 4.79 Å². The Morgan fingerprint density at radius 2 is 1.75 bits per heavy atom. The van der Waals surface area contributed by atoms with Gasteiger partial charge in [-0.25, -0.2) is 0 Å². The van der Waals surface area contributed by atoms with Gasteiger partial charge in [0.15, 0.2) is 0 Å². The maximum atomic E-state index is 12.3. The van der Waals surface area contributed by atoms with Crippen LogP contribution < -0.4 is 5.32 Å². The molecule has 0 aromatic heterocycles. The summed E-state index contributed by atoms with van der Waals surface area (Å²) < 4.78 is 0. The molecule has 1 aromatic rings. The zero-order valence-electron chi connectivity index (χ0n) is 9.81. The normalized spacial score (nSPS) is 25.5. The molecule has 86 valence electrons. The van der Waals surface area contributed by atoms with Gasteiger partial charge in [0.25, 0.3) is 5.91 Å². The zero-order valence-corrected chi connectivity index (χ0v) is 9.81. The van der Waals surface area contributed by atoms with Crippen LogP contribution in [0.1, 0.15) is 24.2 Å². The highest BCUT2D eigenvalue weighted by atomic mass is 16.2. The minimum atomic E-state index is 0.141. The molecule has 0 radical (unpaired) electrons. The van der Waals surface area contributed by atoms with E-state index >= 15 is 0 Å². The maximum absolute atomic E-state index is 12.3. The average molecular weight is 218 g/mol. The van der Waals surface area contributed by atoms with Crippen molar-refractivity contribution < 1.29 is 4.79 Å². The van der Waals surface area contributed by atoms with Crippen LogP contribution in [0.25, 0.3) is 0 Å². The van der Waals surface area contributed by atoms with Gasteiger partial charge in [-0.05, 0) is 26.0 Å². The van der Waals surface area contributed by atoms with E-state index < -0.39 is 0 Å². The summed E-state index contributed by atoms with van der Waals surface area (Å²) in [5.41, 5.74) is 0.781. The molecule has 1 amide bonds. The van der Waals surface area contributed by atoms with Crippen LogP contribution in [0.5, 0.6) is 0 Å². The Labute approximate surface area is 96.5 Å². The Morgan fingerprint density at radius 1 is 1.19 bits per heavy atom. The molecule has 1 saturated heterocycles. The number of hydrogen-bond acceptors (Lipinski definition) is 2. The molecule has 0 spiro atoms. The van der Waals surface area contributed by atoms with Gasteiger partial charge in [0.2, 0.25) is 0 Å². The van der Waals surface area contributed by atoms with Gasteiger partial charge in [-0.15, -0.1) is 0 Å². The first-order valence-electron chi connectivity index (χ1n) is 5.78. The monoisotopic (exact) mass is 218 g/mol. The fourth-order valence-electron chi connectivity index (χ4n) is 2.26. The lowest BCUT2D eigenvalue weighted by Crippen LogP contribution is -2.57. The first-order valence-corrected chi connectivity index (χ1v) is 5.78. The first kappa shape index (κ1) is 11.1. The van der Waals surface area contributed by atoms with Crippen molar-refractivity contribution in [2.45, 2.75) is 25.9 Å². The molecule has 1 N–H and O–H groups in total. The molecule has 1 aliphatic heterocycles. The topological polar surface area (TPSA) is 32.3 Å². The number of hydrogen-bond donors (Lipinski definition) is 1. The Bertz CT molecular complexity index is 353. The van der Waals surface area contributed by atoms with Gasteiger partial charge in [-0.3, -0.25) is 4.79 Å². The van der Waals surface area contributed by atoms with Crippen molar-refractivity contribution >= 4 is 5.91 Å². The van der Waals surface area contributed by atoms with Gasteiger partial charge in [0.1, 0.15) is 0 Å². The number of nitrogens with zero attached hydrogens (tertiary/aromatic N) is 1. The quantitative estimate of drug-likeness (QED) is 0.775. The van der Waals surface area contributed by atoms with Gasteiger partial charge in [0, 0.05) is 30.7 Å². The lowest BCUT2D eigenvalue weighted by Gasteiger charge is -2.39. The number of benzene rings is 1. The van der Waals surface area contributed by atoms with Crippen molar-refractivity contribution in [2.75, 3.05) is 13.1 Å². The Kier molecular flexibility index (Phi) is 3.25.